The van der Waals surface area contributed by atoms with Crippen LogP contribution >= 0.6 is 47.0 Å². The minimum Gasteiger partial charge on any atom is -0.491 e. The van der Waals surface area contributed by atoms with E-state index >= 15 is 0 Å². The maximum absolute atomic E-state index is 9.82. The number of hydrogen-bond donors (Lipinski definition) is 1. The molecule has 10 nitrogen and oxygen atoms in total. The minimum atomic E-state index is -0.564. The van der Waals surface area contributed by atoms with Gasteiger partial charge in [-0.25, -0.2) is 0 Å². The molecule has 2 heterocycles. The van der Waals surface area contributed by atoms with Crippen LogP contribution in [0.1, 0.15) is 149 Å². The molecular formula is C79H96O10S4. The molecule has 0 saturated heterocycles. The van der Waals surface area contributed by atoms with Gasteiger partial charge in [0.1, 0.15) is 37.1 Å². The summed E-state index contributed by atoms with van der Waals surface area (Å²) in [5.74, 6) is 3.04. The van der Waals surface area contributed by atoms with E-state index in [0.717, 1.165) is 40.0 Å². The van der Waals surface area contributed by atoms with E-state index in [2.05, 4.69) is 196 Å². The first-order valence-electron chi connectivity index (χ1n) is 32.8. The molecule has 2 aliphatic heterocycles. The Hall–Kier alpha value is -5.46. The number of aliphatic hydroxyl groups is 1. The number of fused-ring (bicyclic) bond motifs is 1. The molecule has 0 bridgehead atoms. The van der Waals surface area contributed by atoms with Crippen LogP contribution < -0.4 is 14.2 Å². The number of thioether (sulfide) groups is 4. The van der Waals surface area contributed by atoms with Gasteiger partial charge in [-0.2, -0.15) is 0 Å². The number of aryl methyl sites for hydroxylation is 1. The molecule has 0 saturated carbocycles. The van der Waals surface area contributed by atoms with Gasteiger partial charge in [-0.15, -0.1) is 0 Å². The molecule has 2 aliphatic rings. The van der Waals surface area contributed by atoms with Crippen LogP contribution in [-0.2, 0) is 64.3 Å². The third-order valence-corrected chi connectivity index (χ3v) is 21.9. The highest BCUT2D eigenvalue weighted by atomic mass is 32.2. The molecule has 0 amide bonds. The topological polar surface area (TPSA) is 103 Å². The highest BCUT2D eigenvalue weighted by molar-refractivity contribution is 8.33. The zero-order valence-electron chi connectivity index (χ0n) is 56.4. The molecular weight excluding hydrogens is 1240 g/mol. The average molecular weight is 1330 g/mol. The van der Waals surface area contributed by atoms with Crippen molar-refractivity contribution < 1.29 is 47.7 Å². The quantitative estimate of drug-likeness (QED) is 0.0301. The normalized spacial score (nSPS) is 14.6. The zero-order chi connectivity index (χ0) is 65.8. The van der Waals surface area contributed by atoms with E-state index in [0.29, 0.717) is 111 Å². The van der Waals surface area contributed by atoms with Gasteiger partial charge in [0.2, 0.25) is 0 Å². The van der Waals surface area contributed by atoms with E-state index in [9.17, 15) is 5.11 Å². The second kappa shape index (κ2) is 35.0. The SMILES string of the molecule is CCc1ccc(C(c2ccc(OCCOCCOCC3=CS/C(=C4\SC=C(COCCOCCOc5cccc6c(OCCOCCOCc7c(C(C)C)cc(CO)cc7C(C)C)cccc56)S4)S3)cc2)(c2ccc(C(C)(C)C)cc2)c2ccc(C(C)(C)C)cc2)cc1. The number of rotatable bonds is 35. The monoisotopic (exact) mass is 1330 g/mol. The molecule has 1 N–H and O–H groups in total. The Labute approximate surface area is 571 Å². The van der Waals surface area contributed by atoms with E-state index in [-0.39, 0.29) is 17.4 Å². The van der Waals surface area contributed by atoms with Crippen LogP contribution in [0.4, 0.5) is 0 Å². The smallest absolute Gasteiger partial charge is 0.127 e. The van der Waals surface area contributed by atoms with Crippen molar-refractivity contribution in [2.24, 2.45) is 0 Å². The Bertz CT molecular complexity index is 3500. The van der Waals surface area contributed by atoms with Crippen molar-refractivity contribution in [1.82, 2.24) is 0 Å². The number of aliphatic hydroxyl groups excluding tert-OH is 1. The second-order valence-electron chi connectivity index (χ2n) is 26.0. The lowest BCUT2D eigenvalue weighted by Crippen LogP contribution is -2.31. The molecule has 0 spiro atoms. The highest BCUT2D eigenvalue weighted by Gasteiger charge is 2.39. The lowest BCUT2D eigenvalue weighted by molar-refractivity contribution is 0.0300. The van der Waals surface area contributed by atoms with Gasteiger partial charge < -0.3 is 47.7 Å². The van der Waals surface area contributed by atoms with E-state index in [1.165, 1.54) is 73.9 Å². The molecule has 7 aromatic rings. The Kier molecular flexibility index (Phi) is 27.0. The van der Waals surface area contributed by atoms with Gasteiger partial charge >= 0.3 is 0 Å². The predicted octanol–water partition coefficient (Wildman–Crippen LogP) is 19.0. The van der Waals surface area contributed by atoms with Crippen molar-refractivity contribution >= 4 is 57.8 Å². The van der Waals surface area contributed by atoms with Gasteiger partial charge in [0, 0.05) is 20.6 Å². The van der Waals surface area contributed by atoms with Gasteiger partial charge in [-0.05, 0) is 125 Å². The van der Waals surface area contributed by atoms with E-state index in [4.69, 9.17) is 42.6 Å². The van der Waals surface area contributed by atoms with Gasteiger partial charge in [0.25, 0.3) is 0 Å². The number of ether oxygens (including phenoxy) is 9. The molecule has 0 radical (unpaired) electrons. The van der Waals surface area contributed by atoms with Crippen molar-refractivity contribution in [3.63, 3.8) is 0 Å². The molecule has 496 valence electrons. The molecule has 0 aliphatic carbocycles. The Morgan fingerprint density at radius 2 is 0.763 bits per heavy atom. The van der Waals surface area contributed by atoms with E-state index in [1.807, 2.05) is 36.4 Å². The molecule has 0 unspecified atom stereocenters. The fourth-order valence-corrected chi connectivity index (χ4v) is 16.3. The molecule has 0 aromatic heterocycles. The van der Waals surface area contributed by atoms with Crippen LogP contribution in [0.3, 0.4) is 0 Å². The first-order valence-corrected chi connectivity index (χ1v) is 36.2. The van der Waals surface area contributed by atoms with Crippen LogP contribution in [0.15, 0.2) is 175 Å². The van der Waals surface area contributed by atoms with Crippen LogP contribution in [0.2, 0.25) is 0 Å². The molecule has 93 heavy (non-hydrogen) atoms. The molecule has 0 atom stereocenters. The van der Waals surface area contributed by atoms with Crippen LogP contribution in [-0.4, -0.2) is 97.6 Å². The van der Waals surface area contributed by atoms with Gasteiger partial charge in [0.15, 0.2) is 0 Å². The summed E-state index contributed by atoms with van der Waals surface area (Å²) >= 11 is 7.07. The van der Waals surface area contributed by atoms with Gasteiger partial charge in [-0.1, -0.05) is 245 Å². The van der Waals surface area contributed by atoms with Crippen LogP contribution in [0.25, 0.3) is 10.8 Å². The summed E-state index contributed by atoms with van der Waals surface area (Å²) in [4.78, 5) is 2.39. The summed E-state index contributed by atoms with van der Waals surface area (Å²) in [6.45, 7) is 31.8. The van der Waals surface area contributed by atoms with Crippen molar-refractivity contribution in [2.45, 2.75) is 124 Å². The molecule has 0 fully saturated rings. The largest absolute Gasteiger partial charge is 0.491 e. The number of benzene rings is 7. The van der Waals surface area contributed by atoms with Crippen LogP contribution in [0, 0.1) is 0 Å². The summed E-state index contributed by atoms with van der Waals surface area (Å²) in [5.41, 5.74) is 12.9. The Morgan fingerprint density at radius 1 is 0.398 bits per heavy atom. The third-order valence-electron chi connectivity index (χ3n) is 16.6. The average Bonchev–Trinajstić information content (AvgIpc) is 0.990. The van der Waals surface area contributed by atoms with Crippen molar-refractivity contribution in [1.29, 1.82) is 0 Å². The van der Waals surface area contributed by atoms with E-state index < -0.39 is 5.41 Å². The summed E-state index contributed by atoms with van der Waals surface area (Å²) < 4.78 is 57.1. The fourth-order valence-electron chi connectivity index (χ4n) is 11.5. The summed E-state index contributed by atoms with van der Waals surface area (Å²) in [6, 6.07) is 52.6. The summed E-state index contributed by atoms with van der Waals surface area (Å²) in [5, 5.41) is 16.2. The van der Waals surface area contributed by atoms with Crippen LogP contribution in [0.5, 0.6) is 17.2 Å². The highest BCUT2D eigenvalue weighted by Crippen LogP contribution is 2.55. The van der Waals surface area contributed by atoms with Gasteiger partial charge in [0.05, 0.1) is 99.8 Å². The van der Waals surface area contributed by atoms with Crippen molar-refractivity contribution in [2.75, 3.05) is 92.5 Å². The first-order chi connectivity index (χ1) is 45.0. The molecule has 7 aromatic carbocycles. The Morgan fingerprint density at radius 3 is 1.16 bits per heavy atom. The third kappa shape index (κ3) is 19.6. The first kappa shape index (κ1) is 71.8. The lowest BCUT2D eigenvalue weighted by Gasteiger charge is -2.38. The van der Waals surface area contributed by atoms with E-state index in [1.54, 1.807) is 47.0 Å². The minimum absolute atomic E-state index is 0.0377. The standard InChI is InChI=1S/C79H96O10S4/c1-12-57-19-21-61(22-20-57)79(62-27-23-59(24-28-62)77(6,7)8,63-29-25-60(26-30-63)78(9,10)11)64-31-33-65(34-32-64)87-44-41-81-35-38-84-50-66-53-90-75(92-66)76-91-54-67(93-76)51-85-39-36-82-42-45-88-73-17-13-16-69-68(73)15-14-18-74(69)89-46-43-83-37-40-86-52-72-70(55(2)3)47-58(49-80)48-71(72)56(4)5/h13-34,47-48,53-56,80H,12,35-46,49-52H2,1-11H3/b76-75-. The second-order valence-corrected chi connectivity index (χ2v) is 30.6. The summed E-state index contributed by atoms with van der Waals surface area (Å²) in [6.07, 6.45) is 0.987. The number of hydrogen-bond acceptors (Lipinski definition) is 14. The Balaban J connectivity index is 0.631. The summed E-state index contributed by atoms with van der Waals surface area (Å²) in [7, 11) is 0. The fraction of sp³-hybridized carbons (Fsp3) is 0.418. The van der Waals surface area contributed by atoms with Crippen molar-refractivity contribution in [3.8, 4) is 17.2 Å². The maximum atomic E-state index is 9.82. The lowest BCUT2D eigenvalue weighted by atomic mass is 9.64. The molecule has 14 heteroatoms. The van der Waals surface area contributed by atoms with Crippen molar-refractivity contribution in [3.05, 3.63) is 236 Å². The zero-order valence-corrected chi connectivity index (χ0v) is 59.7. The predicted molar refractivity (Wildman–Crippen MR) is 390 cm³/mol. The molecule has 9 rings (SSSR count). The maximum Gasteiger partial charge on any atom is 0.127 e. The van der Waals surface area contributed by atoms with Gasteiger partial charge in [-0.3, -0.25) is 0 Å².